The van der Waals surface area contributed by atoms with Gasteiger partial charge in [-0.15, -0.1) is 5.10 Å². The van der Waals surface area contributed by atoms with Gasteiger partial charge in [0.2, 0.25) is 5.16 Å². The number of nitrogens with zero attached hydrogens (tertiary/aromatic N) is 4. The van der Waals surface area contributed by atoms with Gasteiger partial charge in [0.1, 0.15) is 12.5 Å². The summed E-state index contributed by atoms with van der Waals surface area (Å²) in [5.74, 6) is 0.994. The molecule has 0 saturated carbocycles. The van der Waals surface area contributed by atoms with Gasteiger partial charge in [-0.2, -0.15) is 4.68 Å². The molecule has 0 spiro atoms. The highest BCUT2D eigenvalue weighted by Gasteiger charge is 2.17. The highest BCUT2D eigenvalue weighted by molar-refractivity contribution is 7.99. The average molecular weight is 294 g/mol. The summed E-state index contributed by atoms with van der Waals surface area (Å²) in [6, 6.07) is 6.74. The summed E-state index contributed by atoms with van der Waals surface area (Å²) in [4.78, 5) is 0. The topological polar surface area (TPSA) is 82.3 Å². The molecule has 1 atom stereocenters. The van der Waals surface area contributed by atoms with Crippen molar-refractivity contribution in [3.05, 3.63) is 24.3 Å². The molecule has 7 nitrogen and oxygen atoms in total. The number of benzene rings is 1. The summed E-state index contributed by atoms with van der Waals surface area (Å²) in [7, 11) is 0. The van der Waals surface area contributed by atoms with Crippen molar-refractivity contribution in [2.75, 3.05) is 19.2 Å². The Morgan fingerprint density at radius 3 is 2.95 bits per heavy atom. The van der Waals surface area contributed by atoms with E-state index in [0.29, 0.717) is 11.9 Å². The number of phenols is 1. The maximum atomic E-state index is 9.30. The van der Waals surface area contributed by atoms with Gasteiger partial charge in [0, 0.05) is 5.75 Å². The summed E-state index contributed by atoms with van der Waals surface area (Å²) in [5.41, 5.74) is 0.809. The molecular weight excluding hydrogens is 280 g/mol. The van der Waals surface area contributed by atoms with Crippen molar-refractivity contribution < 1.29 is 14.6 Å². The number of rotatable bonds is 4. The zero-order valence-electron chi connectivity index (χ0n) is 10.7. The number of tetrazole rings is 1. The summed E-state index contributed by atoms with van der Waals surface area (Å²) < 4.78 is 12.3. The van der Waals surface area contributed by atoms with Crippen molar-refractivity contribution in [2.45, 2.75) is 17.7 Å². The molecule has 1 aromatic heterocycles. The van der Waals surface area contributed by atoms with Crippen LogP contribution in [0, 0.1) is 0 Å². The number of phenolic OH excluding ortho intramolecular Hbond substituents is 1. The molecule has 20 heavy (non-hydrogen) atoms. The van der Waals surface area contributed by atoms with Gasteiger partial charge in [-0.25, -0.2) is 0 Å². The summed E-state index contributed by atoms with van der Waals surface area (Å²) in [6.45, 7) is 1.09. The van der Waals surface area contributed by atoms with Gasteiger partial charge < -0.3 is 14.6 Å². The Hall–Kier alpha value is -1.64. The monoisotopic (exact) mass is 294 g/mol. The van der Waals surface area contributed by atoms with Crippen LogP contribution in [0.4, 0.5) is 0 Å². The lowest BCUT2D eigenvalue weighted by Crippen LogP contribution is -2.25. The van der Waals surface area contributed by atoms with Crippen LogP contribution in [-0.2, 0) is 9.47 Å². The van der Waals surface area contributed by atoms with Gasteiger partial charge in [0.15, 0.2) is 0 Å². The molecule has 3 rings (SSSR count). The van der Waals surface area contributed by atoms with E-state index in [2.05, 4.69) is 15.5 Å². The predicted molar refractivity (Wildman–Crippen MR) is 71.9 cm³/mol. The largest absolute Gasteiger partial charge is 0.508 e. The molecule has 1 aliphatic rings. The summed E-state index contributed by atoms with van der Waals surface area (Å²) >= 11 is 1.54. The number of hydrogen-bond acceptors (Lipinski definition) is 7. The Balaban J connectivity index is 1.68. The van der Waals surface area contributed by atoms with Gasteiger partial charge in [0.25, 0.3) is 0 Å². The van der Waals surface area contributed by atoms with E-state index in [9.17, 15) is 5.11 Å². The van der Waals surface area contributed by atoms with Crippen molar-refractivity contribution >= 4 is 11.8 Å². The van der Waals surface area contributed by atoms with Crippen LogP contribution < -0.4 is 0 Å². The number of thioether (sulfide) groups is 1. The minimum absolute atomic E-state index is 0.165. The van der Waals surface area contributed by atoms with Gasteiger partial charge in [0.05, 0.1) is 18.4 Å². The molecule has 1 unspecified atom stereocenters. The van der Waals surface area contributed by atoms with Crippen molar-refractivity contribution in [3.63, 3.8) is 0 Å². The summed E-state index contributed by atoms with van der Waals surface area (Å²) in [6.07, 6.45) is 1.05. The Morgan fingerprint density at radius 2 is 2.20 bits per heavy atom. The molecule has 0 radical (unpaired) electrons. The molecule has 106 valence electrons. The fraction of sp³-hybridized carbons (Fsp3) is 0.417. The number of ether oxygens (including phenoxy) is 2. The molecule has 1 N–H and O–H groups in total. The Morgan fingerprint density at radius 1 is 1.35 bits per heavy atom. The Labute approximate surface area is 119 Å². The maximum absolute atomic E-state index is 9.30. The van der Waals surface area contributed by atoms with Crippen LogP contribution in [0.2, 0.25) is 0 Å². The molecule has 0 bridgehead atoms. The van der Waals surface area contributed by atoms with E-state index in [1.54, 1.807) is 40.7 Å². The van der Waals surface area contributed by atoms with Crippen LogP contribution >= 0.6 is 11.8 Å². The normalized spacial score (nSPS) is 19.1. The molecule has 8 heteroatoms. The number of aromatic nitrogens is 4. The minimum atomic E-state index is 0.165. The molecule has 2 heterocycles. The van der Waals surface area contributed by atoms with E-state index in [-0.39, 0.29) is 11.9 Å². The number of aromatic hydroxyl groups is 1. The van der Waals surface area contributed by atoms with Crippen LogP contribution in [-0.4, -0.2) is 50.6 Å². The van der Waals surface area contributed by atoms with E-state index in [1.165, 1.54) is 0 Å². The molecular formula is C12H14N4O3S. The van der Waals surface area contributed by atoms with E-state index in [4.69, 9.17) is 9.47 Å². The lowest BCUT2D eigenvalue weighted by molar-refractivity contribution is -0.130. The highest BCUT2D eigenvalue weighted by atomic mass is 32.2. The zero-order chi connectivity index (χ0) is 13.8. The predicted octanol–water partition coefficient (Wildman–Crippen LogP) is 1.22. The second-order valence-electron chi connectivity index (χ2n) is 4.30. The SMILES string of the molecule is Oc1ccc(-n2nnnc2SCC2CCOCO2)cc1. The van der Waals surface area contributed by atoms with Crippen molar-refractivity contribution in [2.24, 2.45) is 0 Å². The quantitative estimate of drug-likeness (QED) is 0.849. The van der Waals surface area contributed by atoms with Crippen LogP contribution in [0.25, 0.3) is 5.69 Å². The van der Waals surface area contributed by atoms with Crippen molar-refractivity contribution in [3.8, 4) is 11.4 Å². The molecule has 1 fully saturated rings. The lowest BCUT2D eigenvalue weighted by Gasteiger charge is -2.21. The third-order valence-electron chi connectivity index (χ3n) is 2.90. The third kappa shape index (κ3) is 3.09. The van der Waals surface area contributed by atoms with E-state index in [1.807, 2.05) is 0 Å². The average Bonchev–Trinajstić information content (AvgIpc) is 2.95. The van der Waals surface area contributed by atoms with Gasteiger partial charge in [-0.05, 0) is 41.1 Å². The minimum Gasteiger partial charge on any atom is -0.508 e. The van der Waals surface area contributed by atoms with Gasteiger partial charge >= 0.3 is 0 Å². The molecule has 1 saturated heterocycles. The molecule has 0 aliphatic carbocycles. The first-order valence-corrected chi connectivity index (χ1v) is 7.21. The van der Waals surface area contributed by atoms with Gasteiger partial charge in [-0.1, -0.05) is 11.8 Å². The second kappa shape index (κ2) is 6.21. The molecule has 1 aliphatic heterocycles. The lowest BCUT2D eigenvalue weighted by atomic mass is 10.3. The Kier molecular flexibility index (Phi) is 4.14. The molecule has 2 aromatic rings. The van der Waals surface area contributed by atoms with Gasteiger partial charge in [-0.3, -0.25) is 0 Å². The smallest absolute Gasteiger partial charge is 0.214 e. The van der Waals surface area contributed by atoms with E-state index in [0.717, 1.165) is 24.5 Å². The van der Waals surface area contributed by atoms with E-state index < -0.39 is 0 Å². The summed E-state index contributed by atoms with van der Waals surface area (Å²) in [5, 5.41) is 21.7. The standard InChI is InChI=1S/C12H14N4O3S/c17-10-3-1-9(2-4-10)16-12(13-14-15-16)20-7-11-5-6-18-8-19-11/h1-4,11,17H,5-8H2. The first kappa shape index (κ1) is 13.3. The van der Waals surface area contributed by atoms with Crippen LogP contribution in [0.5, 0.6) is 5.75 Å². The first-order valence-electron chi connectivity index (χ1n) is 6.23. The van der Waals surface area contributed by atoms with E-state index >= 15 is 0 Å². The molecule has 1 aromatic carbocycles. The fourth-order valence-corrected chi connectivity index (χ4v) is 2.78. The van der Waals surface area contributed by atoms with Crippen LogP contribution in [0.15, 0.2) is 29.4 Å². The van der Waals surface area contributed by atoms with Crippen molar-refractivity contribution in [1.82, 2.24) is 20.2 Å². The number of hydrogen-bond donors (Lipinski definition) is 1. The zero-order valence-corrected chi connectivity index (χ0v) is 11.5. The third-order valence-corrected chi connectivity index (χ3v) is 3.96. The molecule has 0 amide bonds. The highest BCUT2D eigenvalue weighted by Crippen LogP contribution is 2.22. The first-order chi connectivity index (χ1) is 9.83. The van der Waals surface area contributed by atoms with Crippen LogP contribution in [0.3, 0.4) is 0 Å². The van der Waals surface area contributed by atoms with Crippen molar-refractivity contribution in [1.29, 1.82) is 0 Å². The fourth-order valence-electron chi connectivity index (χ4n) is 1.83. The van der Waals surface area contributed by atoms with Crippen LogP contribution in [0.1, 0.15) is 6.42 Å². The second-order valence-corrected chi connectivity index (χ2v) is 5.29. The Bertz CT molecular complexity index is 554. The maximum Gasteiger partial charge on any atom is 0.214 e.